The summed E-state index contributed by atoms with van der Waals surface area (Å²) in [4.78, 5) is 21.8. The summed E-state index contributed by atoms with van der Waals surface area (Å²) in [6.45, 7) is 3.58. The molecule has 19 heavy (non-hydrogen) atoms. The molecule has 1 atom stereocenters. The fourth-order valence-electron chi connectivity index (χ4n) is 1.89. The summed E-state index contributed by atoms with van der Waals surface area (Å²) in [5.74, 6) is -1.50. The van der Waals surface area contributed by atoms with Gasteiger partial charge in [0.1, 0.15) is 0 Å². The molecule has 0 aromatic carbocycles. The monoisotopic (exact) mass is 272 g/mol. The van der Waals surface area contributed by atoms with Gasteiger partial charge in [0, 0.05) is 6.42 Å². The Morgan fingerprint density at radius 3 is 1.89 bits per heavy atom. The first-order valence-electron chi connectivity index (χ1n) is 7.50. The number of hydrogen-bond donors (Lipinski definition) is 1. The molecule has 1 unspecified atom stereocenters. The van der Waals surface area contributed by atoms with Gasteiger partial charge in [-0.3, -0.25) is 4.79 Å². The van der Waals surface area contributed by atoms with Gasteiger partial charge in [-0.15, -0.1) is 0 Å². The Bertz CT molecular complexity index is 251. The van der Waals surface area contributed by atoms with Crippen LogP contribution in [0.4, 0.5) is 0 Å². The number of carbonyl (C=O) groups is 2. The Morgan fingerprint density at radius 1 is 0.947 bits per heavy atom. The van der Waals surface area contributed by atoms with Crippen molar-refractivity contribution < 1.29 is 19.4 Å². The van der Waals surface area contributed by atoms with Crippen molar-refractivity contribution in [2.45, 2.75) is 84.2 Å². The summed E-state index contributed by atoms with van der Waals surface area (Å²) >= 11 is 0. The number of rotatable bonds is 12. The Labute approximate surface area is 116 Å². The third kappa shape index (κ3) is 11.7. The quantitative estimate of drug-likeness (QED) is 0.432. The summed E-state index contributed by atoms with van der Waals surface area (Å²) in [5.41, 5.74) is 0. The molecule has 0 heterocycles. The second kappa shape index (κ2) is 12.0. The number of carboxylic acid groups (broad SMARTS) is 1. The topological polar surface area (TPSA) is 63.6 Å². The Kier molecular flexibility index (Phi) is 11.3. The smallest absolute Gasteiger partial charge is 0.344 e. The van der Waals surface area contributed by atoms with E-state index in [1.165, 1.54) is 45.4 Å². The molecule has 0 aliphatic heterocycles. The SMILES string of the molecule is CCCCCCCCCCCC(=O)OC(C)C(=O)O. The highest BCUT2D eigenvalue weighted by Crippen LogP contribution is 2.11. The van der Waals surface area contributed by atoms with Crippen LogP contribution in [-0.2, 0) is 14.3 Å². The van der Waals surface area contributed by atoms with Gasteiger partial charge < -0.3 is 9.84 Å². The summed E-state index contributed by atoms with van der Waals surface area (Å²) in [6.07, 6.45) is 9.99. The highest BCUT2D eigenvalue weighted by Gasteiger charge is 2.15. The van der Waals surface area contributed by atoms with Crippen LogP contribution in [0.5, 0.6) is 0 Å². The molecule has 0 spiro atoms. The van der Waals surface area contributed by atoms with Gasteiger partial charge >= 0.3 is 11.9 Å². The van der Waals surface area contributed by atoms with Gasteiger partial charge in [0.25, 0.3) is 0 Å². The molecule has 1 N–H and O–H groups in total. The largest absolute Gasteiger partial charge is 0.479 e. The summed E-state index contributed by atoms with van der Waals surface area (Å²) in [6, 6.07) is 0. The lowest BCUT2D eigenvalue weighted by Crippen LogP contribution is -2.23. The maximum atomic E-state index is 11.3. The van der Waals surface area contributed by atoms with Gasteiger partial charge in [-0.1, -0.05) is 58.3 Å². The molecule has 4 heteroatoms. The number of unbranched alkanes of at least 4 members (excludes halogenated alkanes) is 8. The minimum Gasteiger partial charge on any atom is -0.479 e. The van der Waals surface area contributed by atoms with Crippen molar-refractivity contribution in [1.82, 2.24) is 0 Å². The zero-order valence-corrected chi connectivity index (χ0v) is 12.3. The lowest BCUT2D eigenvalue weighted by atomic mass is 10.1. The number of hydrogen-bond acceptors (Lipinski definition) is 3. The van der Waals surface area contributed by atoms with Gasteiger partial charge in [-0.2, -0.15) is 0 Å². The molecule has 0 amide bonds. The molecule has 112 valence electrons. The highest BCUT2D eigenvalue weighted by atomic mass is 16.6. The summed E-state index contributed by atoms with van der Waals surface area (Å²) in [5, 5.41) is 8.58. The third-order valence-corrected chi connectivity index (χ3v) is 3.14. The Balaban J connectivity index is 3.30. The molecule has 0 aliphatic carbocycles. The molecule has 0 aliphatic rings. The van der Waals surface area contributed by atoms with Crippen molar-refractivity contribution in [2.75, 3.05) is 0 Å². The molecule has 0 radical (unpaired) electrons. The van der Waals surface area contributed by atoms with Crippen molar-refractivity contribution in [3.8, 4) is 0 Å². The van der Waals surface area contributed by atoms with Crippen LogP contribution in [0.3, 0.4) is 0 Å². The molecule has 0 saturated heterocycles. The first-order valence-corrected chi connectivity index (χ1v) is 7.50. The van der Waals surface area contributed by atoms with E-state index in [2.05, 4.69) is 6.92 Å². The number of aliphatic carboxylic acids is 1. The fourth-order valence-corrected chi connectivity index (χ4v) is 1.89. The molecule has 0 rings (SSSR count). The maximum absolute atomic E-state index is 11.3. The lowest BCUT2D eigenvalue weighted by molar-refractivity contribution is -0.162. The summed E-state index contributed by atoms with van der Waals surface area (Å²) in [7, 11) is 0. The van der Waals surface area contributed by atoms with E-state index in [1.54, 1.807) is 0 Å². The standard InChI is InChI=1S/C15H28O4/c1-3-4-5-6-7-8-9-10-11-12-14(16)19-13(2)15(17)18/h13H,3-12H2,1-2H3,(H,17,18). The molecular weight excluding hydrogens is 244 g/mol. The van der Waals surface area contributed by atoms with Crippen LogP contribution < -0.4 is 0 Å². The molecule has 0 fully saturated rings. The highest BCUT2D eigenvalue weighted by molar-refractivity contribution is 5.77. The molecule has 4 nitrogen and oxygen atoms in total. The number of carboxylic acids is 1. The van der Waals surface area contributed by atoms with E-state index in [4.69, 9.17) is 9.84 Å². The predicted octanol–water partition coefficient (Wildman–Crippen LogP) is 3.92. The van der Waals surface area contributed by atoms with Crippen LogP contribution in [-0.4, -0.2) is 23.1 Å². The van der Waals surface area contributed by atoms with E-state index >= 15 is 0 Å². The molecule has 0 saturated carbocycles. The van der Waals surface area contributed by atoms with E-state index in [0.717, 1.165) is 19.3 Å². The molecule has 0 bridgehead atoms. The van der Waals surface area contributed by atoms with E-state index in [9.17, 15) is 9.59 Å². The van der Waals surface area contributed by atoms with Gasteiger partial charge in [-0.25, -0.2) is 4.79 Å². The van der Waals surface area contributed by atoms with Gasteiger partial charge in [0.2, 0.25) is 0 Å². The van der Waals surface area contributed by atoms with Crippen molar-refractivity contribution in [1.29, 1.82) is 0 Å². The van der Waals surface area contributed by atoms with Crippen LogP contribution in [0.25, 0.3) is 0 Å². The van der Waals surface area contributed by atoms with Crippen molar-refractivity contribution in [3.05, 3.63) is 0 Å². The number of esters is 1. The second-order valence-electron chi connectivity index (χ2n) is 5.05. The van der Waals surface area contributed by atoms with E-state index in [1.807, 2.05) is 0 Å². The Hall–Kier alpha value is -1.06. The van der Waals surface area contributed by atoms with Gasteiger partial charge in [-0.05, 0) is 13.3 Å². The first kappa shape index (κ1) is 17.9. The first-order chi connectivity index (χ1) is 9.07. The van der Waals surface area contributed by atoms with E-state index in [0.29, 0.717) is 6.42 Å². The van der Waals surface area contributed by atoms with Crippen LogP contribution in [0.1, 0.15) is 78.1 Å². The van der Waals surface area contributed by atoms with Crippen LogP contribution in [0, 0.1) is 0 Å². The van der Waals surface area contributed by atoms with Crippen LogP contribution >= 0.6 is 0 Å². The zero-order valence-electron chi connectivity index (χ0n) is 12.3. The average Bonchev–Trinajstić information content (AvgIpc) is 2.36. The van der Waals surface area contributed by atoms with Crippen LogP contribution in [0.2, 0.25) is 0 Å². The Morgan fingerprint density at radius 2 is 1.42 bits per heavy atom. The average molecular weight is 272 g/mol. The predicted molar refractivity (Wildman–Crippen MR) is 75.0 cm³/mol. The van der Waals surface area contributed by atoms with Crippen molar-refractivity contribution in [3.63, 3.8) is 0 Å². The summed E-state index contributed by atoms with van der Waals surface area (Å²) < 4.78 is 4.75. The third-order valence-electron chi connectivity index (χ3n) is 3.14. The molecule has 0 aromatic rings. The van der Waals surface area contributed by atoms with Crippen molar-refractivity contribution in [2.24, 2.45) is 0 Å². The minimum atomic E-state index is -1.10. The van der Waals surface area contributed by atoms with Crippen LogP contribution in [0.15, 0.2) is 0 Å². The number of ether oxygens (including phenoxy) is 1. The fraction of sp³-hybridized carbons (Fsp3) is 0.867. The van der Waals surface area contributed by atoms with E-state index in [-0.39, 0.29) is 0 Å². The van der Waals surface area contributed by atoms with Gasteiger partial charge in [0.15, 0.2) is 6.10 Å². The molecule has 0 aromatic heterocycles. The van der Waals surface area contributed by atoms with Gasteiger partial charge in [0.05, 0.1) is 0 Å². The zero-order chi connectivity index (χ0) is 14.5. The van der Waals surface area contributed by atoms with E-state index < -0.39 is 18.0 Å². The molecular formula is C15H28O4. The lowest BCUT2D eigenvalue weighted by Gasteiger charge is -2.08. The van der Waals surface area contributed by atoms with Crippen molar-refractivity contribution >= 4 is 11.9 Å². The minimum absolute atomic E-state index is 0.327. The maximum Gasteiger partial charge on any atom is 0.344 e. The second-order valence-corrected chi connectivity index (χ2v) is 5.05. The normalized spacial score (nSPS) is 12.1. The number of carbonyl (C=O) groups excluding carboxylic acids is 1.